The molecule has 0 saturated carbocycles. The molecule has 2 fully saturated rings. The molecule has 0 aliphatic carbocycles. The molecule has 3 aliphatic heterocycles. The van der Waals surface area contributed by atoms with Crippen LogP contribution in [-0.2, 0) is 43.7 Å². The summed E-state index contributed by atoms with van der Waals surface area (Å²) < 4.78 is 58.8. The summed E-state index contributed by atoms with van der Waals surface area (Å²) in [6.07, 6.45) is -1.29. The minimum Gasteiger partial charge on any atom is -0.454 e. The maximum Gasteiger partial charge on any atom is 0.407 e. The van der Waals surface area contributed by atoms with Gasteiger partial charge in [0, 0.05) is 32.2 Å². The first kappa shape index (κ1) is 40.7. The zero-order valence-corrected chi connectivity index (χ0v) is 33.4. The smallest absolute Gasteiger partial charge is 0.407 e. The van der Waals surface area contributed by atoms with Crippen molar-refractivity contribution in [2.75, 3.05) is 39.6 Å². The van der Waals surface area contributed by atoms with Gasteiger partial charge in [0.25, 0.3) is 0 Å². The van der Waals surface area contributed by atoms with Gasteiger partial charge in [-0.15, -0.1) is 0 Å². The van der Waals surface area contributed by atoms with Gasteiger partial charge in [-0.25, -0.2) is 13.2 Å². The van der Waals surface area contributed by atoms with Crippen LogP contribution >= 0.6 is 0 Å². The lowest BCUT2D eigenvalue weighted by atomic mass is 9.88. The Morgan fingerprint density at radius 1 is 0.877 bits per heavy atom. The van der Waals surface area contributed by atoms with Crippen molar-refractivity contribution in [2.45, 2.75) is 75.6 Å². The molecule has 57 heavy (non-hydrogen) atoms. The van der Waals surface area contributed by atoms with E-state index in [1.54, 1.807) is 6.07 Å². The van der Waals surface area contributed by atoms with E-state index in [-0.39, 0.29) is 43.7 Å². The average Bonchev–Trinajstić information content (AvgIpc) is 3.97. The Labute approximate surface area is 335 Å². The van der Waals surface area contributed by atoms with Crippen molar-refractivity contribution in [1.29, 1.82) is 0 Å². The molecule has 2 N–H and O–H groups in total. The van der Waals surface area contributed by atoms with Crippen LogP contribution in [0.15, 0.2) is 114 Å². The minimum atomic E-state index is -4.20. The summed E-state index contributed by atoms with van der Waals surface area (Å²) in [7, 11) is -4.20. The number of carbonyl (C=O) groups is 1. The maximum atomic E-state index is 14.7. The highest BCUT2D eigenvalue weighted by Gasteiger charge is 2.44. The van der Waals surface area contributed by atoms with Crippen molar-refractivity contribution in [3.8, 4) is 11.5 Å². The van der Waals surface area contributed by atoms with Crippen molar-refractivity contribution in [2.24, 2.45) is 11.3 Å². The van der Waals surface area contributed by atoms with E-state index in [1.165, 1.54) is 27.6 Å². The Bertz CT molecular complexity index is 1980. The van der Waals surface area contributed by atoms with E-state index in [0.717, 1.165) is 25.1 Å². The molecule has 4 aromatic rings. The summed E-state index contributed by atoms with van der Waals surface area (Å²) in [5.74, 6) is 0.742. The van der Waals surface area contributed by atoms with Gasteiger partial charge in [0.1, 0.15) is 6.10 Å². The van der Waals surface area contributed by atoms with E-state index in [4.69, 9.17) is 23.7 Å². The normalized spacial score (nSPS) is 20.1. The van der Waals surface area contributed by atoms with Gasteiger partial charge in [0.15, 0.2) is 17.8 Å². The number of amides is 1. The monoisotopic (exact) mass is 799 g/mol. The quantitative estimate of drug-likeness (QED) is 0.124. The number of nitrogens with one attached hydrogen (secondary N) is 1. The first-order valence-electron chi connectivity index (χ1n) is 19.6. The van der Waals surface area contributed by atoms with Crippen LogP contribution in [0.2, 0.25) is 0 Å². The van der Waals surface area contributed by atoms with Crippen molar-refractivity contribution in [3.05, 3.63) is 126 Å². The number of hydrogen-bond donors (Lipinski definition) is 2. The predicted molar refractivity (Wildman–Crippen MR) is 214 cm³/mol. The molecule has 5 atom stereocenters. The number of rotatable bonds is 18. The number of aliphatic hydroxyl groups is 1. The zero-order valence-electron chi connectivity index (χ0n) is 32.6. The first-order valence-corrected chi connectivity index (χ1v) is 21.1. The minimum absolute atomic E-state index is 0.00109. The number of hydrogen-bond acceptors (Lipinski definition) is 10. The van der Waals surface area contributed by atoms with E-state index in [0.29, 0.717) is 31.1 Å². The van der Waals surface area contributed by atoms with Crippen LogP contribution in [0.3, 0.4) is 0 Å². The summed E-state index contributed by atoms with van der Waals surface area (Å²) in [6.45, 7) is 6.81. The molecule has 13 heteroatoms. The number of alkyl carbamates (subject to hydrolysis) is 1. The first-order chi connectivity index (χ1) is 27.5. The molecule has 7 rings (SSSR count). The summed E-state index contributed by atoms with van der Waals surface area (Å²) in [5.41, 5.74) is 2.69. The summed E-state index contributed by atoms with van der Waals surface area (Å²) in [4.78, 5) is 15.8. The van der Waals surface area contributed by atoms with Crippen molar-refractivity contribution in [1.82, 2.24) is 14.5 Å². The van der Waals surface area contributed by atoms with Crippen LogP contribution < -0.4 is 14.8 Å². The molecule has 1 amide bonds. The highest BCUT2D eigenvalue weighted by Crippen LogP contribution is 2.36. The van der Waals surface area contributed by atoms with E-state index >= 15 is 0 Å². The lowest BCUT2D eigenvalue weighted by molar-refractivity contribution is -0.0907. The summed E-state index contributed by atoms with van der Waals surface area (Å²) in [5, 5.41) is 14.9. The fraction of sp³-hybridized carbons (Fsp3) is 0.432. The molecule has 0 aromatic heterocycles. The SMILES string of the molecule is CC(C)(CCN(Cc1ccccc1)Cc1ccccc1)CN(C[C@H](O)[C@H](Cc1ccccc1)NC(=O)O[C@H]1CO[C@H]2OCC[C@H]21)S(=O)(=O)c1ccc2c(c1)OCO2. The van der Waals surface area contributed by atoms with Crippen LogP contribution in [0, 0.1) is 11.3 Å². The third-order valence-corrected chi connectivity index (χ3v) is 12.7. The topological polar surface area (TPSA) is 136 Å². The zero-order chi connectivity index (χ0) is 39.8. The number of aliphatic hydroxyl groups excluding tert-OH is 1. The van der Waals surface area contributed by atoms with Gasteiger partial charge in [0.2, 0.25) is 16.8 Å². The van der Waals surface area contributed by atoms with E-state index in [2.05, 4.69) is 34.5 Å². The Kier molecular flexibility index (Phi) is 13.1. The van der Waals surface area contributed by atoms with E-state index in [1.807, 2.05) is 80.6 Å². The molecule has 0 unspecified atom stereocenters. The molecular formula is C44H53N3O9S. The standard InChI is InChI=1S/C44H53N3O9S/c1-44(2,21-22-46(26-33-14-8-4-9-15-33)27-34-16-10-5-11-17-34)30-47(57(50,51)35-18-19-39-40(25-35)55-31-54-39)28-38(48)37(24-32-12-6-3-7-13-32)45-43(49)56-41-29-53-42-36(41)20-23-52-42/h3-19,25,36-38,41-42,48H,20-24,26-31H2,1-2H3,(H,45,49)/t36-,37-,38-,41-,42+/m0/s1. The van der Waals surface area contributed by atoms with Gasteiger partial charge in [-0.05, 0) is 60.0 Å². The number of ether oxygens (including phenoxy) is 5. The van der Waals surface area contributed by atoms with Gasteiger partial charge in [0.05, 0.1) is 36.2 Å². The van der Waals surface area contributed by atoms with Crippen LogP contribution in [0.25, 0.3) is 0 Å². The summed E-state index contributed by atoms with van der Waals surface area (Å²) >= 11 is 0. The molecule has 3 heterocycles. The van der Waals surface area contributed by atoms with Crippen molar-refractivity contribution >= 4 is 16.1 Å². The second-order valence-electron chi connectivity index (χ2n) is 15.9. The van der Waals surface area contributed by atoms with Crippen molar-refractivity contribution < 1.29 is 42.0 Å². The van der Waals surface area contributed by atoms with Gasteiger partial charge < -0.3 is 34.1 Å². The third-order valence-electron chi connectivity index (χ3n) is 10.9. The molecule has 2 saturated heterocycles. The lowest BCUT2D eigenvalue weighted by Crippen LogP contribution is -2.52. The highest BCUT2D eigenvalue weighted by molar-refractivity contribution is 7.89. The average molecular weight is 800 g/mol. The van der Waals surface area contributed by atoms with Crippen LogP contribution in [0.5, 0.6) is 11.5 Å². The Morgan fingerprint density at radius 3 is 2.18 bits per heavy atom. The molecule has 304 valence electrons. The molecule has 12 nitrogen and oxygen atoms in total. The maximum absolute atomic E-state index is 14.7. The highest BCUT2D eigenvalue weighted by atomic mass is 32.2. The van der Waals surface area contributed by atoms with Crippen molar-refractivity contribution in [3.63, 3.8) is 0 Å². The largest absolute Gasteiger partial charge is 0.454 e. The van der Waals surface area contributed by atoms with Crippen LogP contribution in [0.1, 0.15) is 43.4 Å². The molecule has 4 aromatic carbocycles. The molecule has 0 spiro atoms. The number of nitrogens with zero attached hydrogens (tertiary/aromatic N) is 2. The van der Waals surface area contributed by atoms with Gasteiger partial charge in [-0.1, -0.05) is 105 Å². The number of benzene rings is 4. The van der Waals surface area contributed by atoms with Crippen LogP contribution in [-0.4, -0.2) is 93.0 Å². The fourth-order valence-corrected chi connectivity index (χ4v) is 9.37. The number of sulfonamides is 1. The number of fused-ring (bicyclic) bond motifs is 2. The van der Waals surface area contributed by atoms with Crippen LogP contribution in [0.4, 0.5) is 4.79 Å². The molecule has 3 aliphatic rings. The van der Waals surface area contributed by atoms with Gasteiger partial charge >= 0.3 is 6.09 Å². The Morgan fingerprint density at radius 2 is 1.51 bits per heavy atom. The lowest BCUT2D eigenvalue weighted by Gasteiger charge is -2.36. The third kappa shape index (κ3) is 10.7. The Hall–Kier alpha value is -4.50. The van der Waals surface area contributed by atoms with E-state index in [9.17, 15) is 18.3 Å². The molecule has 0 bridgehead atoms. The Balaban J connectivity index is 1.12. The second-order valence-corrected chi connectivity index (χ2v) is 17.8. The van der Waals surface area contributed by atoms with Gasteiger partial charge in [-0.2, -0.15) is 4.31 Å². The molecule has 0 radical (unpaired) electrons. The fourth-order valence-electron chi connectivity index (χ4n) is 7.71. The predicted octanol–water partition coefficient (Wildman–Crippen LogP) is 5.98. The molecular weight excluding hydrogens is 747 g/mol. The summed E-state index contributed by atoms with van der Waals surface area (Å²) in [6, 6.07) is 33.7. The van der Waals surface area contributed by atoms with Gasteiger partial charge in [-0.3, -0.25) is 4.90 Å². The number of carbonyl (C=O) groups excluding carboxylic acids is 1. The van der Waals surface area contributed by atoms with E-state index < -0.39 is 46.1 Å². The second kappa shape index (κ2) is 18.4.